The van der Waals surface area contributed by atoms with Crippen molar-refractivity contribution in [2.24, 2.45) is 0 Å². The van der Waals surface area contributed by atoms with E-state index in [0.717, 1.165) is 34.7 Å². The minimum Gasteiger partial charge on any atom is -0.452 e. The van der Waals surface area contributed by atoms with Crippen molar-refractivity contribution in [3.63, 3.8) is 0 Å². The number of halogens is 1. The van der Waals surface area contributed by atoms with Gasteiger partial charge in [0, 0.05) is 18.8 Å². The third kappa shape index (κ3) is 4.41. The summed E-state index contributed by atoms with van der Waals surface area (Å²) >= 11 is 1.52. The second kappa shape index (κ2) is 8.36. The summed E-state index contributed by atoms with van der Waals surface area (Å²) in [6.45, 7) is 1.43. The second-order valence-corrected chi connectivity index (χ2v) is 8.43. The molecule has 0 atom stereocenters. The van der Waals surface area contributed by atoms with Crippen molar-refractivity contribution < 1.29 is 18.7 Å². The molecule has 30 heavy (non-hydrogen) atoms. The zero-order valence-corrected chi connectivity index (χ0v) is 17.3. The number of esters is 1. The molecule has 1 aliphatic rings. The molecule has 0 spiro atoms. The minimum atomic E-state index is -0.570. The van der Waals surface area contributed by atoms with E-state index in [1.165, 1.54) is 30.4 Å². The van der Waals surface area contributed by atoms with Crippen molar-refractivity contribution in [2.45, 2.75) is 38.2 Å². The Morgan fingerprint density at radius 3 is 2.60 bits per heavy atom. The summed E-state index contributed by atoms with van der Waals surface area (Å²) in [5.74, 6) is -0.850. The number of hydrogen-bond acceptors (Lipinski definition) is 5. The smallest absolute Gasteiger partial charge is 0.303 e. The standard InChI is InChI=1S/C23H21FN2O3S/c1-15(27)29-23(10-3-11-23)22-25-14-20(30-22)17-6-8-19(9-7-17)26-21(28)13-16-4-2-5-18(24)12-16/h2,4-9,12,14H,3,10-11,13H2,1H3,(H,26,28). The normalized spacial score (nSPS) is 14.6. The number of benzene rings is 2. The van der Waals surface area contributed by atoms with Gasteiger partial charge in [0.25, 0.3) is 0 Å². The molecule has 1 aliphatic carbocycles. The lowest BCUT2D eigenvalue weighted by Gasteiger charge is -2.38. The largest absolute Gasteiger partial charge is 0.452 e. The zero-order chi connectivity index (χ0) is 21.1. The number of carbonyl (C=O) groups excluding carboxylic acids is 2. The molecule has 0 radical (unpaired) electrons. The van der Waals surface area contributed by atoms with E-state index >= 15 is 0 Å². The van der Waals surface area contributed by atoms with E-state index in [-0.39, 0.29) is 24.1 Å². The first-order chi connectivity index (χ1) is 14.4. The molecule has 1 N–H and O–H groups in total. The van der Waals surface area contributed by atoms with E-state index in [9.17, 15) is 14.0 Å². The van der Waals surface area contributed by atoms with Gasteiger partial charge in [0.05, 0.1) is 11.3 Å². The number of carbonyl (C=O) groups is 2. The van der Waals surface area contributed by atoms with Gasteiger partial charge in [-0.05, 0) is 54.7 Å². The predicted octanol–water partition coefficient (Wildman–Crippen LogP) is 5.07. The number of thiazole rings is 1. The van der Waals surface area contributed by atoms with Gasteiger partial charge in [-0.3, -0.25) is 9.59 Å². The van der Waals surface area contributed by atoms with Gasteiger partial charge in [0.15, 0.2) is 5.60 Å². The van der Waals surface area contributed by atoms with Gasteiger partial charge in [-0.15, -0.1) is 11.3 Å². The van der Waals surface area contributed by atoms with Crippen LogP contribution in [-0.2, 0) is 26.3 Å². The molecule has 1 saturated carbocycles. The van der Waals surface area contributed by atoms with Crippen molar-refractivity contribution in [3.05, 3.63) is 71.1 Å². The van der Waals surface area contributed by atoms with Gasteiger partial charge in [0.2, 0.25) is 5.91 Å². The third-order valence-electron chi connectivity index (χ3n) is 5.10. The summed E-state index contributed by atoms with van der Waals surface area (Å²) in [4.78, 5) is 29.1. The predicted molar refractivity (Wildman–Crippen MR) is 114 cm³/mol. The lowest BCUT2D eigenvalue weighted by Crippen LogP contribution is -2.38. The molecule has 2 aromatic carbocycles. The van der Waals surface area contributed by atoms with Crippen molar-refractivity contribution in [2.75, 3.05) is 5.32 Å². The maximum atomic E-state index is 13.3. The zero-order valence-electron chi connectivity index (χ0n) is 16.5. The van der Waals surface area contributed by atoms with E-state index in [0.29, 0.717) is 11.3 Å². The van der Waals surface area contributed by atoms with E-state index in [1.54, 1.807) is 18.3 Å². The molecule has 1 fully saturated rings. The third-order valence-corrected chi connectivity index (χ3v) is 6.33. The molecule has 1 heterocycles. The van der Waals surface area contributed by atoms with E-state index in [2.05, 4.69) is 10.3 Å². The van der Waals surface area contributed by atoms with E-state index in [4.69, 9.17) is 4.74 Å². The van der Waals surface area contributed by atoms with Gasteiger partial charge in [-0.25, -0.2) is 9.37 Å². The SMILES string of the molecule is CC(=O)OC1(c2ncc(-c3ccc(NC(=O)Cc4cccc(F)c4)cc3)s2)CCC1. The van der Waals surface area contributed by atoms with Crippen LogP contribution < -0.4 is 5.32 Å². The van der Waals surface area contributed by atoms with Crippen LogP contribution in [0.25, 0.3) is 10.4 Å². The molecule has 154 valence electrons. The lowest BCUT2D eigenvalue weighted by molar-refractivity contribution is -0.168. The molecule has 0 aliphatic heterocycles. The maximum Gasteiger partial charge on any atom is 0.303 e. The summed E-state index contributed by atoms with van der Waals surface area (Å²) in [7, 11) is 0. The fraction of sp³-hybridized carbons (Fsp3) is 0.261. The molecule has 1 amide bonds. The number of nitrogens with one attached hydrogen (secondary N) is 1. The Bertz CT molecular complexity index is 1070. The molecule has 4 rings (SSSR count). The Hall–Kier alpha value is -3.06. The van der Waals surface area contributed by atoms with Crippen molar-refractivity contribution in [1.29, 1.82) is 0 Å². The van der Waals surface area contributed by atoms with E-state index < -0.39 is 5.60 Å². The highest BCUT2D eigenvalue weighted by molar-refractivity contribution is 7.15. The highest BCUT2D eigenvalue weighted by Crippen LogP contribution is 2.47. The quantitative estimate of drug-likeness (QED) is 0.561. The van der Waals surface area contributed by atoms with Gasteiger partial charge in [-0.2, -0.15) is 0 Å². The second-order valence-electron chi connectivity index (χ2n) is 7.40. The molecule has 0 bridgehead atoms. The summed E-state index contributed by atoms with van der Waals surface area (Å²) in [5, 5.41) is 3.65. The Kier molecular flexibility index (Phi) is 5.63. The number of nitrogens with zero attached hydrogens (tertiary/aromatic N) is 1. The summed E-state index contributed by atoms with van der Waals surface area (Å²) in [6.07, 6.45) is 4.52. The monoisotopic (exact) mass is 424 g/mol. The molecule has 0 unspecified atom stereocenters. The average Bonchev–Trinajstić information content (AvgIpc) is 3.15. The van der Waals surface area contributed by atoms with Crippen LogP contribution in [0.3, 0.4) is 0 Å². The van der Waals surface area contributed by atoms with Gasteiger partial charge in [0.1, 0.15) is 10.8 Å². The van der Waals surface area contributed by atoms with Crippen LogP contribution in [0.2, 0.25) is 0 Å². The molecule has 5 nitrogen and oxygen atoms in total. The Balaban J connectivity index is 1.42. The Labute approximate surface area is 177 Å². The lowest BCUT2D eigenvalue weighted by atomic mass is 9.80. The Morgan fingerprint density at radius 2 is 1.97 bits per heavy atom. The highest BCUT2D eigenvalue weighted by Gasteiger charge is 2.44. The number of rotatable bonds is 6. The van der Waals surface area contributed by atoms with Crippen LogP contribution in [0.1, 0.15) is 36.8 Å². The number of amides is 1. The summed E-state index contributed by atoms with van der Waals surface area (Å²) < 4.78 is 18.8. The molecular formula is C23H21FN2O3S. The molecular weight excluding hydrogens is 403 g/mol. The number of ether oxygens (including phenoxy) is 1. The van der Waals surface area contributed by atoms with Crippen LogP contribution in [0.5, 0.6) is 0 Å². The first-order valence-electron chi connectivity index (χ1n) is 9.74. The molecule has 3 aromatic rings. The summed E-state index contributed by atoms with van der Waals surface area (Å²) in [6, 6.07) is 13.5. The van der Waals surface area contributed by atoms with Gasteiger partial charge >= 0.3 is 5.97 Å². The molecule has 0 saturated heterocycles. The minimum absolute atomic E-state index is 0.107. The van der Waals surface area contributed by atoms with Gasteiger partial charge < -0.3 is 10.1 Å². The first kappa shape index (κ1) is 20.2. The number of anilines is 1. The topological polar surface area (TPSA) is 68.3 Å². The van der Waals surface area contributed by atoms with Crippen LogP contribution >= 0.6 is 11.3 Å². The van der Waals surface area contributed by atoms with Crippen molar-refractivity contribution in [1.82, 2.24) is 4.98 Å². The van der Waals surface area contributed by atoms with Crippen LogP contribution in [0.4, 0.5) is 10.1 Å². The average molecular weight is 424 g/mol. The summed E-state index contributed by atoms with van der Waals surface area (Å²) in [5.41, 5.74) is 1.69. The number of hydrogen-bond donors (Lipinski definition) is 1. The number of aromatic nitrogens is 1. The van der Waals surface area contributed by atoms with Crippen molar-refractivity contribution >= 4 is 28.9 Å². The van der Waals surface area contributed by atoms with Crippen molar-refractivity contribution in [3.8, 4) is 10.4 Å². The van der Waals surface area contributed by atoms with Gasteiger partial charge in [-0.1, -0.05) is 24.3 Å². The molecule has 7 heteroatoms. The van der Waals surface area contributed by atoms with Crippen LogP contribution in [0, 0.1) is 5.82 Å². The highest BCUT2D eigenvalue weighted by atomic mass is 32.1. The maximum absolute atomic E-state index is 13.3. The fourth-order valence-electron chi connectivity index (χ4n) is 3.51. The van der Waals surface area contributed by atoms with E-state index in [1.807, 2.05) is 24.3 Å². The Morgan fingerprint density at radius 1 is 1.20 bits per heavy atom. The van der Waals surface area contributed by atoms with Crippen LogP contribution in [-0.4, -0.2) is 16.9 Å². The fourth-order valence-corrected chi connectivity index (χ4v) is 4.61. The molecule has 1 aromatic heterocycles. The first-order valence-corrected chi connectivity index (χ1v) is 10.6. The van der Waals surface area contributed by atoms with Crippen LogP contribution in [0.15, 0.2) is 54.7 Å².